The van der Waals surface area contributed by atoms with E-state index >= 15 is 0 Å². The molecule has 0 radical (unpaired) electrons. The van der Waals surface area contributed by atoms with E-state index in [1.165, 1.54) is 23.9 Å². The van der Waals surface area contributed by atoms with Crippen molar-refractivity contribution in [1.82, 2.24) is 20.1 Å². The Labute approximate surface area is 121 Å². The van der Waals surface area contributed by atoms with Crippen molar-refractivity contribution >= 4 is 5.91 Å². The first kappa shape index (κ1) is 14.9. The highest BCUT2D eigenvalue weighted by atomic mass is 16.5. The fraction of sp³-hybridized carbons (Fsp3) is 0.286. The van der Waals surface area contributed by atoms with Gasteiger partial charge in [-0.05, 0) is 23.8 Å². The van der Waals surface area contributed by atoms with E-state index in [0.717, 1.165) is 5.56 Å². The predicted molar refractivity (Wildman–Crippen MR) is 75.8 cm³/mol. The lowest BCUT2D eigenvalue weighted by atomic mass is 10.2. The van der Waals surface area contributed by atoms with Crippen LogP contribution in [-0.2, 0) is 17.8 Å². The van der Waals surface area contributed by atoms with Crippen molar-refractivity contribution in [3.8, 4) is 0 Å². The standard InChI is InChI=1S/C14H16N4O3/c1-21-9-8-18-13(19)3-2-12(17-18)14(20)16-10-11-4-6-15-7-5-11/h2-7H,8-10H2,1H3,(H,16,20). The van der Waals surface area contributed by atoms with Gasteiger partial charge >= 0.3 is 0 Å². The van der Waals surface area contributed by atoms with Crippen LogP contribution in [0.25, 0.3) is 0 Å². The number of aromatic nitrogens is 3. The lowest BCUT2D eigenvalue weighted by Crippen LogP contribution is -2.30. The Balaban J connectivity index is 2.03. The SMILES string of the molecule is COCCn1nc(C(=O)NCc2ccncc2)ccc1=O. The molecule has 7 nitrogen and oxygen atoms in total. The van der Waals surface area contributed by atoms with Crippen LogP contribution in [-0.4, -0.2) is 34.4 Å². The van der Waals surface area contributed by atoms with Gasteiger partial charge in [0.2, 0.25) is 0 Å². The van der Waals surface area contributed by atoms with E-state index < -0.39 is 0 Å². The second kappa shape index (κ2) is 7.30. The Bertz CT molecular complexity index is 655. The summed E-state index contributed by atoms with van der Waals surface area (Å²) in [6, 6.07) is 6.36. The number of pyridine rings is 1. The first-order valence-corrected chi connectivity index (χ1v) is 6.45. The Hall–Kier alpha value is -2.54. The number of carbonyl (C=O) groups is 1. The van der Waals surface area contributed by atoms with E-state index in [1.54, 1.807) is 12.4 Å². The smallest absolute Gasteiger partial charge is 0.271 e. The molecule has 0 bridgehead atoms. The van der Waals surface area contributed by atoms with Crippen molar-refractivity contribution in [3.05, 3.63) is 58.3 Å². The summed E-state index contributed by atoms with van der Waals surface area (Å²) in [6.07, 6.45) is 3.31. The van der Waals surface area contributed by atoms with Gasteiger partial charge in [0.25, 0.3) is 11.5 Å². The summed E-state index contributed by atoms with van der Waals surface area (Å²) in [4.78, 5) is 27.5. The van der Waals surface area contributed by atoms with Gasteiger partial charge in [-0.15, -0.1) is 0 Å². The number of rotatable bonds is 6. The zero-order valence-corrected chi connectivity index (χ0v) is 11.7. The normalized spacial score (nSPS) is 10.3. The fourth-order valence-corrected chi connectivity index (χ4v) is 1.68. The number of ether oxygens (including phenoxy) is 1. The molecule has 0 aromatic carbocycles. The lowest BCUT2D eigenvalue weighted by Gasteiger charge is -2.07. The maximum Gasteiger partial charge on any atom is 0.271 e. The van der Waals surface area contributed by atoms with Gasteiger partial charge < -0.3 is 10.1 Å². The third kappa shape index (κ3) is 4.22. The topological polar surface area (TPSA) is 86.1 Å². The molecule has 21 heavy (non-hydrogen) atoms. The van der Waals surface area contributed by atoms with Gasteiger partial charge in [-0.1, -0.05) is 0 Å². The summed E-state index contributed by atoms with van der Waals surface area (Å²) in [5.74, 6) is -0.335. The summed E-state index contributed by atoms with van der Waals surface area (Å²) in [5.41, 5.74) is 0.864. The molecule has 7 heteroatoms. The maximum absolute atomic E-state index is 12.0. The van der Waals surface area contributed by atoms with E-state index in [4.69, 9.17) is 4.74 Å². The van der Waals surface area contributed by atoms with Crippen LogP contribution in [0.2, 0.25) is 0 Å². The van der Waals surface area contributed by atoms with Crippen molar-refractivity contribution in [3.63, 3.8) is 0 Å². The molecule has 0 aliphatic carbocycles. The van der Waals surface area contributed by atoms with Gasteiger partial charge in [-0.3, -0.25) is 14.6 Å². The molecule has 0 spiro atoms. The molecule has 2 aromatic heterocycles. The Morgan fingerprint density at radius 1 is 1.29 bits per heavy atom. The summed E-state index contributed by atoms with van der Waals surface area (Å²) in [7, 11) is 1.54. The first-order valence-electron chi connectivity index (χ1n) is 6.45. The van der Waals surface area contributed by atoms with Crippen LogP contribution in [0.1, 0.15) is 16.1 Å². The van der Waals surface area contributed by atoms with Gasteiger partial charge in [0.1, 0.15) is 5.69 Å². The Kier molecular flexibility index (Phi) is 5.16. The third-order valence-corrected chi connectivity index (χ3v) is 2.81. The molecule has 0 atom stereocenters. The summed E-state index contributed by atoms with van der Waals surface area (Å²) in [6.45, 7) is 1.04. The van der Waals surface area contributed by atoms with Gasteiger partial charge in [0, 0.05) is 32.1 Å². The molecule has 0 unspecified atom stereocenters. The van der Waals surface area contributed by atoms with E-state index in [-0.39, 0.29) is 17.2 Å². The van der Waals surface area contributed by atoms with Gasteiger partial charge in [-0.25, -0.2) is 4.68 Å². The molecular weight excluding hydrogens is 272 g/mol. The van der Waals surface area contributed by atoms with E-state index in [2.05, 4.69) is 15.4 Å². The predicted octanol–water partition coefficient (Wildman–Crippen LogP) is 0.215. The van der Waals surface area contributed by atoms with Crippen molar-refractivity contribution in [2.75, 3.05) is 13.7 Å². The summed E-state index contributed by atoms with van der Waals surface area (Å²) in [5, 5.41) is 6.76. The van der Waals surface area contributed by atoms with Crippen LogP contribution >= 0.6 is 0 Å². The Morgan fingerprint density at radius 3 is 2.76 bits per heavy atom. The highest BCUT2D eigenvalue weighted by molar-refractivity contribution is 5.91. The minimum atomic E-state index is -0.335. The molecule has 2 heterocycles. The summed E-state index contributed by atoms with van der Waals surface area (Å²) >= 11 is 0. The Morgan fingerprint density at radius 2 is 2.05 bits per heavy atom. The zero-order chi connectivity index (χ0) is 15.1. The molecule has 2 aromatic rings. The van der Waals surface area contributed by atoms with Crippen molar-refractivity contribution in [1.29, 1.82) is 0 Å². The number of nitrogens with zero attached hydrogens (tertiary/aromatic N) is 3. The molecule has 1 amide bonds. The van der Waals surface area contributed by atoms with Crippen LogP contribution in [0.5, 0.6) is 0 Å². The average molecular weight is 288 g/mol. The highest BCUT2D eigenvalue weighted by Gasteiger charge is 2.09. The van der Waals surface area contributed by atoms with Gasteiger partial charge in [-0.2, -0.15) is 5.10 Å². The van der Waals surface area contributed by atoms with Crippen molar-refractivity contribution in [2.24, 2.45) is 0 Å². The van der Waals surface area contributed by atoms with Crippen molar-refractivity contribution in [2.45, 2.75) is 13.1 Å². The van der Waals surface area contributed by atoms with E-state index in [9.17, 15) is 9.59 Å². The van der Waals surface area contributed by atoms with Crippen molar-refractivity contribution < 1.29 is 9.53 Å². The molecule has 0 saturated carbocycles. The number of hydrogen-bond donors (Lipinski definition) is 1. The molecule has 0 aliphatic heterocycles. The molecule has 2 rings (SSSR count). The number of nitrogens with one attached hydrogen (secondary N) is 1. The number of methoxy groups -OCH3 is 1. The number of amides is 1. The molecule has 1 N–H and O–H groups in total. The number of hydrogen-bond acceptors (Lipinski definition) is 5. The molecule has 110 valence electrons. The molecule has 0 saturated heterocycles. The quantitative estimate of drug-likeness (QED) is 0.821. The van der Waals surface area contributed by atoms with Crippen LogP contribution < -0.4 is 10.9 Å². The summed E-state index contributed by atoms with van der Waals surface area (Å²) < 4.78 is 6.11. The lowest BCUT2D eigenvalue weighted by molar-refractivity contribution is 0.0942. The first-order chi connectivity index (χ1) is 10.2. The fourth-order valence-electron chi connectivity index (χ4n) is 1.68. The second-order valence-corrected chi connectivity index (χ2v) is 4.31. The van der Waals surface area contributed by atoms with Crippen LogP contribution in [0.3, 0.4) is 0 Å². The molecule has 0 fully saturated rings. The minimum Gasteiger partial charge on any atom is -0.383 e. The second-order valence-electron chi connectivity index (χ2n) is 4.31. The van der Waals surface area contributed by atoms with Gasteiger partial charge in [0.05, 0.1) is 13.2 Å². The highest BCUT2D eigenvalue weighted by Crippen LogP contribution is 1.97. The molecule has 0 aliphatic rings. The zero-order valence-electron chi connectivity index (χ0n) is 11.7. The average Bonchev–Trinajstić information content (AvgIpc) is 2.53. The molecular formula is C14H16N4O3. The van der Waals surface area contributed by atoms with E-state index in [1.807, 2.05) is 12.1 Å². The largest absolute Gasteiger partial charge is 0.383 e. The van der Waals surface area contributed by atoms with Crippen LogP contribution in [0, 0.1) is 0 Å². The monoisotopic (exact) mass is 288 g/mol. The minimum absolute atomic E-state index is 0.194. The van der Waals surface area contributed by atoms with Crippen LogP contribution in [0.4, 0.5) is 0 Å². The van der Waals surface area contributed by atoms with E-state index in [0.29, 0.717) is 19.7 Å². The van der Waals surface area contributed by atoms with Gasteiger partial charge in [0.15, 0.2) is 0 Å². The van der Waals surface area contributed by atoms with Crippen LogP contribution in [0.15, 0.2) is 41.5 Å². The maximum atomic E-state index is 12.0. The third-order valence-electron chi connectivity index (χ3n) is 2.81. The number of carbonyl (C=O) groups excluding carboxylic acids is 1.